The summed E-state index contributed by atoms with van der Waals surface area (Å²) < 4.78 is 2.84. The summed E-state index contributed by atoms with van der Waals surface area (Å²) >= 11 is 0. The summed E-state index contributed by atoms with van der Waals surface area (Å²) in [6.07, 6.45) is 52.4. The van der Waals surface area contributed by atoms with Gasteiger partial charge in [0.15, 0.2) is 0 Å². The van der Waals surface area contributed by atoms with E-state index in [1.54, 1.807) is 22.4 Å². The van der Waals surface area contributed by atoms with E-state index in [9.17, 15) is 0 Å². The first-order chi connectivity index (χ1) is 31.7. The smallest absolute Gasteiger partial charge is 0.0862 e. The molecule has 10 aliphatic rings. The molecule has 1 saturated carbocycles. The fourth-order valence-electron chi connectivity index (χ4n) is 15.5. The average molecular weight is 866 g/mol. The summed E-state index contributed by atoms with van der Waals surface area (Å²) in [4.78, 5) is 2.90. The highest BCUT2D eigenvalue weighted by molar-refractivity contribution is 5.70. The summed E-state index contributed by atoms with van der Waals surface area (Å²) in [6, 6.07) is 10.0. The van der Waals surface area contributed by atoms with E-state index in [1.165, 1.54) is 78.7 Å². The van der Waals surface area contributed by atoms with E-state index in [0.29, 0.717) is 35.6 Å². The molecule has 0 radical (unpaired) electrons. The topological polar surface area (TPSA) is 44.3 Å². The van der Waals surface area contributed by atoms with Gasteiger partial charge in [-0.1, -0.05) is 119 Å². The summed E-state index contributed by atoms with van der Waals surface area (Å²) in [5, 5.41) is 13.2. The van der Waals surface area contributed by atoms with E-state index in [2.05, 4.69) is 169 Å². The largest absolute Gasteiger partial charge is 0.338 e. The number of para-hydroxylation sites is 1. The fourth-order valence-corrected chi connectivity index (χ4v) is 15.5. The SMILES string of the molecule is C/C=C/C1CC(C2NC(C3=C4C5=CCCCC5C(C)(C)C4CC=C3)NC(C3C=CCCC3)N2)C(N2c3ccccc3C(C)(C)C3CCC=CC32)=CC1n1c2c(c3c1CCC=C3)CCC=C2. The molecule has 1 saturated heterocycles. The first-order valence-corrected chi connectivity index (χ1v) is 26.3. The van der Waals surface area contributed by atoms with Gasteiger partial charge >= 0.3 is 0 Å². The molecule has 1 aromatic carbocycles. The second-order valence-electron chi connectivity index (χ2n) is 22.7. The van der Waals surface area contributed by atoms with Gasteiger partial charge in [0, 0.05) is 40.5 Å². The number of aromatic nitrogens is 1. The van der Waals surface area contributed by atoms with Gasteiger partial charge < -0.3 is 9.47 Å². The van der Waals surface area contributed by atoms with Crippen LogP contribution in [0.15, 0.2) is 120 Å². The minimum atomic E-state index is 0.0578. The third-order valence-corrected chi connectivity index (χ3v) is 18.7. The monoisotopic (exact) mass is 866 g/mol. The molecular weight excluding hydrogens is 791 g/mol. The second kappa shape index (κ2) is 16.6. The highest BCUT2D eigenvalue weighted by Gasteiger charge is 2.53. The minimum Gasteiger partial charge on any atom is -0.338 e. The summed E-state index contributed by atoms with van der Waals surface area (Å²) in [6.45, 7) is 12.5. The maximum atomic E-state index is 4.47. The van der Waals surface area contributed by atoms with Crippen molar-refractivity contribution in [1.29, 1.82) is 0 Å². The third kappa shape index (κ3) is 6.78. The van der Waals surface area contributed by atoms with Crippen LogP contribution >= 0.6 is 0 Å². The van der Waals surface area contributed by atoms with Crippen LogP contribution in [0.5, 0.6) is 0 Å². The quantitative estimate of drug-likeness (QED) is 0.253. The molecule has 2 fully saturated rings. The van der Waals surface area contributed by atoms with Crippen LogP contribution in [0, 0.1) is 40.9 Å². The van der Waals surface area contributed by atoms with E-state index < -0.39 is 0 Å². The van der Waals surface area contributed by atoms with Crippen molar-refractivity contribution in [2.24, 2.45) is 40.9 Å². The van der Waals surface area contributed by atoms with Crippen molar-refractivity contribution in [3.05, 3.63) is 148 Å². The van der Waals surface area contributed by atoms with Gasteiger partial charge in [-0.05, 0) is 177 Å². The van der Waals surface area contributed by atoms with Crippen LogP contribution < -0.4 is 20.9 Å². The summed E-state index contributed by atoms with van der Waals surface area (Å²) in [7, 11) is 0. The second-order valence-corrected chi connectivity index (χ2v) is 22.7. The van der Waals surface area contributed by atoms with Gasteiger partial charge in [0.25, 0.3) is 0 Å². The summed E-state index contributed by atoms with van der Waals surface area (Å²) in [5.74, 6) is 2.77. The Labute approximate surface area is 390 Å². The van der Waals surface area contributed by atoms with Crippen molar-refractivity contribution in [1.82, 2.24) is 20.5 Å². The lowest BCUT2D eigenvalue weighted by Gasteiger charge is -2.56. The highest BCUT2D eigenvalue weighted by Crippen LogP contribution is 2.61. The maximum absolute atomic E-state index is 4.47. The van der Waals surface area contributed by atoms with Gasteiger partial charge in [0.1, 0.15) is 0 Å². The number of nitrogens with zero attached hydrogens (tertiary/aromatic N) is 2. The van der Waals surface area contributed by atoms with Gasteiger partial charge in [-0.15, -0.1) is 0 Å². The van der Waals surface area contributed by atoms with Crippen molar-refractivity contribution in [2.45, 2.75) is 161 Å². The van der Waals surface area contributed by atoms with Crippen LogP contribution in [0.1, 0.15) is 146 Å². The Morgan fingerprint density at radius 2 is 1.58 bits per heavy atom. The van der Waals surface area contributed by atoms with Crippen LogP contribution in [0.2, 0.25) is 0 Å². The molecule has 0 spiro atoms. The van der Waals surface area contributed by atoms with Gasteiger partial charge in [-0.2, -0.15) is 0 Å². The Bertz CT molecular complexity index is 2490. The van der Waals surface area contributed by atoms with E-state index >= 15 is 0 Å². The number of hydrogen-bond acceptors (Lipinski definition) is 4. The lowest BCUT2D eigenvalue weighted by atomic mass is 9.63. The molecule has 0 amide bonds. The molecule has 11 atom stereocenters. The Morgan fingerprint density at radius 3 is 2.46 bits per heavy atom. The number of anilines is 1. The summed E-state index contributed by atoms with van der Waals surface area (Å²) in [5.41, 5.74) is 15.7. The van der Waals surface area contributed by atoms with Gasteiger partial charge in [0.05, 0.1) is 30.6 Å². The molecule has 5 heteroatoms. The predicted octanol–water partition coefficient (Wildman–Crippen LogP) is 12.9. The molecule has 3 heterocycles. The number of fused-ring (bicyclic) bond motifs is 8. The van der Waals surface area contributed by atoms with Crippen LogP contribution in [0.3, 0.4) is 0 Å². The van der Waals surface area contributed by atoms with Gasteiger partial charge in [-0.3, -0.25) is 16.0 Å². The standard InChI is InChI=1S/C60H75N5/c1-6-21-39-36-44(58-62-56(38-22-8-7-9-23-38)61-57(63-58)43-27-20-31-48-55(43)42-26-10-13-28-45(42)59(48,2)3)54(37-53(39)64-49-32-16-11-24-40(49)41-25-12-17-33-50(41)64)65-51-34-18-14-29-46(51)60(4,5)47-30-15-19-35-52(47)65/h6,8,11,14,17-22,24,26-27,29,33-35,37-39,44-45,47-48,52-53,56-58,61-63H,7,9-10,12-13,15-16,23,25,28,30-32,36H2,1-5H3/b21-6+. The zero-order valence-corrected chi connectivity index (χ0v) is 40.0. The molecule has 340 valence electrons. The molecule has 0 bridgehead atoms. The number of rotatable bonds is 6. The van der Waals surface area contributed by atoms with Crippen molar-refractivity contribution in [2.75, 3.05) is 4.90 Å². The molecule has 11 unspecified atom stereocenters. The molecular formula is C60H75N5. The molecule has 5 nitrogen and oxygen atoms in total. The molecule has 2 aliphatic heterocycles. The molecule has 1 aromatic heterocycles. The fraction of sp³-hybridized carbons (Fsp3) is 0.533. The van der Waals surface area contributed by atoms with Crippen molar-refractivity contribution < 1.29 is 0 Å². The molecule has 12 rings (SSSR count). The third-order valence-electron chi connectivity index (χ3n) is 18.7. The van der Waals surface area contributed by atoms with E-state index in [4.69, 9.17) is 0 Å². The van der Waals surface area contributed by atoms with E-state index in [0.717, 1.165) is 44.9 Å². The molecule has 3 N–H and O–H groups in total. The minimum absolute atomic E-state index is 0.0578. The normalized spacial score (nSPS) is 36.4. The number of benzene rings is 1. The van der Waals surface area contributed by atoms with E-state index in [1.807, 2.05) is 0 Å². The zero-order chi connectivity index (χ0) is 44.0. The number of hydrogen-bond donors (Lipinski definition) is 3. The Balaban J connectivity index is 1.05. The number of allylic oxidation sites excluding steroid dienone is 11. The van der Waals surface area contributed by atoms with Crippen molar-refractivity contribution >= 4 is 17.8 Å². The molecule has 65 heavy (non-hydrogen) atoms. The average Bonchev–Trinajstić information content (AvgIpc) is 3.80. The van der Waals surface area contributed by atoms with Crippen LogP contribution in [0.25, 0.3) is 12.2 Å². The van der Waals surface area contributed by atoms with Crippen LogP contribution in [-0.4, -0.2) is 29.1 Å². The lowest BCUT2D eigenvalue weighted by molar-refractivity contribution is 0.131. The lowest BCUT2D eigenvalue weighted by Crippen LogP contribution is -2.72. The van der Waals surface area contributed by atoms with Crippen molar-refractivity contribution in [3.63, 3.8) is 0 Å². The van der Waals surface area contributed by atoms with Gasteiger partial charge in [0.2, 0.25) is 0 Å². The molecule has 8 aliphatic carbocycles. The van der Waals surface area contributed by atoms with Gasteiger partial charge in [-0.25, -0.2) is 0 Å². The predicted molar refractivity (Wildman–Crippen MR) is 271 cm³/mol. The first kappa shape index (κ1) is 42.2. The van der Waals surface area contributed by atoms with Crippen LogP contribution in [0.4, 0.5) is 5.69 Å². The highest BCUT2D eigenvalue weighted by atomic mass is 15.4. The Kier molecular flexibility index (Phi) is 10.8. The first-order valence-electron chi connectivity index (χ1n) is 26.3. The maximum Gasteiger partial charge on any atom is 0.0862 e. The number of nitrogens with one attached hydrogen (secondary N) is 3. The van der Waals surface area contributed by atoms with Crippen LogP contribution in [-0.2, 0) is 18.3 Å². The zero-order valence-electron chi connectivity index (χ0n) is 40.0. The van der Waals surface area contributed by atoms with Crippen molar-refractivity contribution in [3.8, 4) is 0 Å². The Hall–Kier alpha value is -4.16. The molecule has 2 aromatic rings. The van der Waals surface area contributed by atoms with E-state index in [-0.39, 0.29) is 41.3 Å². The Morgan fingerprint density at radius 1 is 0.754 bits per heavy atom.